The van der Waals surface area contributed by atoms with Crippen molar-refractivity contribution in [2.75, 3.05) is 22.3 Å². The van der Waals surface area contributed by atoms with Crippen LogP contribution >= 0.6 is 11.6 Å². The normalized spacial score (nSPS) is 11.7. The molecule has 6 aromatic rings. The number of aromatic hydroxyl groups is 1. The van der Waals surface area contributed by atoms with Gasteiger partial charge in [0.15, 0.2) is 5.76 Å². The van der Waals surface area contributed by atoms with Crippen molar-refractivity contribution in [3.05, 3.63) is 65.5 Å². The number of sulfonamides is 1. The Morgan fingerprint density at radius 3 is 2.74 bits per heavy atom. The minimum absolute atomic E-state index is 0.0905. The van der Waals surface area contributed by atoms with Crippen molar-refractivity contribution in [1.82, 2.24) is 34.3 Å². The highest BCUT2D eigenvalue weighted by Gasteiger charge is 2.21. The molecular formula is C24H20ClN11O5S. The molecule has 4 heterocycles. The predicted octanol–water partition coefficient (Wildman–Crippen LogP) is 2.08. The maximum Gasteiger partial charge on any atom is 0.261 e. The van der Waals surface area contributed by atoms with E-state index in [9.17, 15) is 18.3 Å². The Morgan fingerprint density at radius 1 is 1.14 bits per heavy atom. The second-order valence-electron chi connectivity index (χ2n) is 8.87. The molecule has 0 radical (unpaired) electrons. The van der Waals surface area contributed by atoms with Crippen LogP contribution in [0.1, 0.15) is 10.4 Å². The maximum atomic E-state index is 13.0. The fourth-order valence-electron chi connectivity index (χ4n) is 4.13. The fraction of sp³-hybridized carbons (Fsp3) is 0.0833. The summed E-state index contributed by atoms with van der Waals surface area (Å²) in [4.78, 5) is 24.1. The lowest BCUT2D eigenvalue weighted by atomic mass is 10.2. The van der Waals surface area contributed by atoms with Crippen LogP contribution in [0.25, 0.3) is 28.3 Å². The molecule has 0 unspecified atom stereocenters. The second-order valence-corrected chi connectivity index (χ2v) is 11.0. The summed E-state index contributed by atoms with van der Waals surface area (Å²) in [6, 6.07) is 10.3. The number of furan rings is 1. The molecule has 7 N–H and O–H groups in total. The van der Waals surface area contributed by atoms with Crippen molar-refractivity contribution in [3.63, 3.8) is 0 Å². The number of nitrogens with zero attached hydrogens (tertiary/aromatic N) is 7. The molecule has 214 valence electrons. The van der Waals surface area contributed by atoms with Gasteiger partial charge in [-0.3, -0.25) is 14.2 Å². The number of amides is 1. The number of halogens is 1. The Balaban J connectivity index is 1.15. The van der Waals surface area contributed by atoms with E-state index < -0.39 is 27.2 Å². The fourth-order valence-corrected chi connectivity index (χ4v) is 5.51. The molecule has 0 aliphatic carbocycles. The number of fused-ring (bicyclic) bond motifs is 2. The topological polar surface area (TPSA) is 234 Å². The Labute approximate surface area is 241 Å². The van der Waals surface area contributed by atoms with Gasteiger partial charge in [0.25, 0.3) is 21.7 Å². The number of phenols is 1. The Kier molecular flexibility index (Phi) is 6.51. The number of anilines is 3. The molecule has 0 spiro atoms. The van der Waals surface area contributed by atoms with Gasteiger partial charge < -0.3 is 26.3 Å². The van der Waals surface area contributed by atoms with Gasteiger partial charge in [-0.25, -0.2) is 8.42 Å². The van der Waals surface area contributed by atoms with Crippen LogP contribution in [0.15, 0.2) is 64.2 Å². The molecule has 0 bridgehead atoms. The molecule has 16 nitrogen and oxygen atoms in total. The average Bonchev–Trinajstić information content (AvgIpc) is 3.70. The monoisotopic (exact) mass is 609 g/mol. The number of hydrogen-bond donors (Lipinski definition) is 5. The number of nitrogens with one attached hydrogen (secondary N) is 2. The van der Waals surface area contributed by atoms with Crippen molar-refractivity contribution >= 4 is 61.8 Å². The maximum absolute atomic E-state index is 13.0. The van der Waals surface area contributed by atoms with Crippen molar-refractivity contribution < 1.29 is 22.7 Å². The van der Waals surface area contributed by atoms with Crippen molar-refractivity contribution in [1.29, 1.82) is 0 Å². The molecule has 0 saturated carbocycles. The number of hydrogen-bond acceptors (Lipinski definition) is 12. The quantitative estimate of drug-likeness (QED) is 0.158. The highest BCUT2D eigenvalue weighted by molar-refractivity contribution is 7.92. The van der Waals surface area contributed by atoms with Crippen molar-refractivity contribution in [2.45, 2.75) is 11.4 Å². The molecule has 1 amide bonds. The number of benzene rings is 2. The number of nitrogen functional groups attached to an aromatic ring is 1. The van der Waals surface area contributed by atoms with Crippen molar-refractivity contribution in [3.8, 4) is 17.3 Å². The molecule has 0 aliphatic rings. The van der Waals surface area contributed by atoms with Crippen LogP contribution in [-0.2, 0) is 16.6 Å². The van der Waals surface area contributed by atoms with E-state index in [-0.39, 0.29) is 33.3 Å². The molecule has 42 heavy (non-hydrogen) atoms. The summed E-state index contributed by atoms with van der Waals surface area (Å²) in [7, 11) is -4.18. The van der Waals surface area contributed by atoms with Crippen LogP contribution < -0.4 is 21.5 Å². The van der Waals surface area contributed by atoms with Crippen LogP contribution in [0.3, 0.4) is 0 Å². The molecule has 0 atom stereocenters. The molecule has 0 fully saturated rings. The number of nitrogens with two attached hydrogens (primary N) is 2. The van der Waals surface area contributed by atoms with Crippen LogP contribution in [0.2, 0.25) is 5.02 Å². The summed E-state index contributed by atoms with van der Waals surface area (Å²) in [5.74, 6) is -0.240. The minimum atomic E-state index is -4.18. The zero-order valence-corrected chi connectivity index (χ0v) is 22.8. The van der Waals surface area contributed by atoms with Gasteiger partial charge >= 0.3 is 0 Å². The van der Waals surface area contributed by atoms with E-state index in [0.29, 0.717) is 30.1 Å². The lowest BCUT2D eigenvalue weighted by molar-refractivity contribution is 0.0997. The average molecular weight is 610 g/mol. The van der Waals surface area contributed by atoms with Gasteiger partial charge in [-0.2, -0.15) is 24.6 Å². The van der Waals surface area contributed by atoms with Gasteiger partial charge in [-0.15, -0.1) is 5.10 Å². The van der Waals surface area contributed by atoms with E-state index >= 15 is 0 Å². The van der Waals surface area contributed by atoms with Gasteiger partial charge in [0, 0.05) is 17.6 Å². The first-order valence-corrected chi connectivity index (χ1v) is 13.9. The standard InChI is InChI=1S/C24H20ClN11O5S/c25-16-10-14(9-15(19(16)37)20(26)38)42(39,40)34-13-3-4-17-12(8-13)11-29-35(17)6-5-28-23-31-22(27)36-24(32-23)30-21(33-36)18-2-1-7-41-18/h1-4,7-11,34,37H,5-6H2,(H2,26,38)(H3,27,28,30,31,32,33). The van der Waals surface area contributed by atoms with E-state index in [1.165, 1.54) is 10.8 Å². The number of rotatable bonds is 9. The lowest BCUT2D eigenvalue weighted by Gasteiger charge is -2.11. The molecule has 18 heteroatoms. The largest absolute Gasteiger partial charge is 0.506 e. The first kappa shape index (κ1) is 26.8. The molecule has 0 saturated heterocycles. The zero-order chi connectivity index (χ0) is 29.6. The van der Waals surface area contributed by atoms with Gasteiger partial charge in [0.05, 0.1) is 40.0 Å². The summed E-state index contributed by atoms with van der Waals surface area (Å²) >= 11 is 5.90. The Bertz CT molecular complexity index is 2090. The van der Waals surface area contributed by atoms with E-state index in [1.807, 2.05) is 0 Å². The number of carbonyl (C=O) groups excluding carboxylic acids is 1. The van der Waals surface area contributed by atoms with Crippen LogP contribution in [0, 0.1) is 0 Å². The van der Waals surface area contributed by atoms with Gasteiger partial charge in [-0.05, 0) is 42.5 Å². The van der Waals surface area contributed by atoms with E-state index in [1.54, 1.807) is 41.2 Å². The van der Waals surface area contributed by atoms with E-state index in [0.717, 1.165) is 17.6 Å². The van der Waals surface area contributed by atoms with Crippen LogP contribution in [0.5, 0.6) is 5.75 Å². The first-order chi connectivity index (χ1) is 20.1. The third kappa shape index (κ3) is 4.97. The van der Waals surface area contributed by atoms with Crippen LogP contribution in [0.4, 0.5) is 17.6 Å². The summed E-state index contributed by atoms with van der Waals surface area (Å²) < 4.78 is 36.7. The number of primary amides is 1. The van der Waals surface area contributed by atoms with E-state index in [4.69, 9.17) is 27.5 Å². The van der Waals surface area contributed by atoms with Gasteiger partial charge in [-0.1, -0.05) is 11.6 Å². The Morgan fingerprint density at radius 2 is 1.98 bits per heavy atom. The third-order valence-corrected chi connectivity index (χ3v) is 7.74. The van der Waals surface area contributed by atoms with Gasteiger partial charge in [0.2, 0.25) is 17.7 Å². The Hall–Kier alpha value is -5.42. The van der Waals surface area contributed by atoms with Crippen molar-refractivity contribution in [2.24, 2.45) is 5.73 Å². The third-order valence-electron chi connectivity index (χ3n) is 6.09. The summed E-state index contributed by atoms with van der Waals surface area (Å²) in [6.45, 7) is 0.791. The summed E-state index contributed by atoms with van der Waals surface area (Å²) in [5.41, 5.74) is 11.8. The summed E-state index contributed by atoms with van der Waals surface area (Å²) in [6.07, 6.45) is 3.10. The second kappa shape index (κ2) is 10.2. The smallest absolute Gasteiger partial charge is 0.261 e. The molecular weight excluding hydrogens is 590 g/mol. The molecule has 2 aromatic carbocycles. The first-order valence-electron chi connectivity index (χ1n) is 12.1. The SMILES string of the molecule is NC(=O)c1cc(S(=O)(=O)Nc2ccc3c(cnn3CCNc3nc(N)n4nc(-c5ccco5)nc4n3)c2)cc(Cl)c1O. The highest BCUT2D eigenvalue weighted by Crippen LogP contribution is 2.31. The predicted molar refractivity (Wildman–Crippen MR) is 151 cm³/mol. The molecule has 0 aliphatic heterocycles. The zero-order valence-electron chi connectivity index (χ0n) is 21.3. The lowest BCUT2D eigenvalue weighted by Crippen LogP contribution is -2.16. The van der Waals surface area contributed by atoms with Crippen LogP contribution in [-0.4, -0.2) is 60.3 Å². The van der Waals surface area contributed by atoms with Gasteiger partial charge in [0.1, 0.15) is 5.75 Å². The van der Waals surface area contributed by atoms with E-state index in [2.05, 4.69) is 35.2 Å². The molecule has 4 aromatic heterocycles. The number of aromatic nitrogens is 7. The summed E-state index contributed by atoms with van der Waals surface area (Å²) in [5, 5.41) is 21.9. The highest BCUT2D eigenvalue weighted by atomic mass is 35.5. The number of carbonyl (C=O) groups is 1. The minimum Gasteiger partial charge on any atom is -0.506 e. The molecule has 6 rings (SSSR count).